The van der Waals surface area contributed by atoms with Crippen molar-refractivity contribution in [1.82, 2.24) is 5.32 Å². The molecule has 0 aromatic carbocycles. The molecule has 1 aromatic rings. The molecule has 4 nitrogen and oxygen atoms in total. The fourth-order valence-corrected chi connectivity index (χ4v) is 1.27. The summed E-state index contributed by atoms with van der Waals surface area (Å²) in [6, 6.07) is 4.31. The fourth-order valence-electron chi connectivity index (χ4n) is 1.27. The summed E-state index contributed by atoms with van der Waals surface area (Å²) in [6.07, 6.45) is 3.98. The Hall–Kier alpha value is -1.45. The van der Waals surface area contributed by atoms with Gasteiger partial charge >= 0.3 is 0 Å². The van der Waals surface area contributed by atoms with Gasteiger partial charge in [0.1, 0.15) is 5.76 Å². The molecule has 1 heterocycles. The lowest BCUT2D eigenvalue weighted by Crippen LogP contribution is -2.33. The molecule has 3 N–H and O–H groups in total. The topological polar surface area (TPSA) is 63.5 Å². The molecule has 14 heavy (non-hydrogen) atoms. The smallest absolute Gasteiger partial charge is 0.189 e. The van der Waals surface area contributed by atoms with Gasteiger partial charge in [-0.3, -0.25) is 4.99 Å². The van der Waals surface area contributed by atoms with E-state index in [0.717, 1.165) is 18.6 Å². The third-order valence-electron chi connectivity index (χ3n) is 2.20. The quantitative estimate of drug-likeness (QED) is 0.563. The number of nitrogens with zero attached hydrogens (tertiary/aromatic N) is 1. The van der Waals surface area contributed by atoms with Gasteiger partial charge in [-0.1, -0.05) is 0 Å². The Morgan fingerprint density at radius 1 is 1.71 bits per heavy atom. The largest absolute Gasteiger partial charge is 0.467 e. The first-order valence-corrected chi connectivity index (χ1v) is 4.89. The van der Waals surface area contributed by atoms with Crippen molar-refractivity contribution in [3.05, 3.63) is 24.2 Å². The second-order valence-corrected chi connectivity index (χ2v) is 3.63. The second kappa shape index (κ2) is 3.74. The molecule has 1 saturated carbocycles. The van der Waals surface area contributed by atoms with Gasteiger partial charge in [-0.05, 0) is 31.9 Å². The highest BCUT2D eigenvalue weighted by molar-refractivity contribution is 5.78. The number of furan rings is 1. The summed E-state index contributed by atoms with van der Waals surface area (Å²) in [5.74, 6) is 1.38. The maximum atomic E-state index is 5.72. The highest BCUT2D eigenvalue weighted by Gasteiger charge is 2.21. The van der Waals surface area contributed by atoms with Crippen molar-refractivity contribution in [3.63, 3.8) is 0 Å². The number of aliphatic imine (C=N–C) groups is 1. The number of rotatable bonds is 3. The van der Waals surface area contributed by atoms with Crippen LogP contribution in [0.2, 0.25) is 0 Å². The maximum Gasteiger partial charge on any atom is 0.189 e. The van der Waals surface area contributed by atoms with E-state index in [9.17, 15) is 0 Å². The van der Waals surface area contributed by atoms with Crippen LogP contribution in [0.5, 0.6) is 0 Å². The number of nitrogens with two attached hydrogens (primary N) is 1. The van der Waals surface area contributed by atoms with E-state index >= 15 is 0 Å². The Morgan fingerprint density at radius 3 is 3.07 bits per heavy atom. The van der Waals surface area contributed by atoms with E-state index in [2.05, 4.69) is 10.3 Å². The van der Waals surface area contributed by atoms with E-state index in [1.54, 1.807) is 6.26 Å². The molecule has 1 aromatic heterocycles. The van der Waals surface area contributed by atoms with Gasteiger partial charge < -0.3 is 15.5 Å². The van der Waals surface area contributed by atoms with E-state index in [1.807, 2.05) is 19.1 Å². The molecule has 1 aliphatic rings. The molecule has 1 aliphatic carbocycles. The van der Waals surface area contributed by atoms with Crippen molar-refractivity contribution in [2.45, 2.75) is 31.8 Å². The van der Waals surface area contributed by atoms with Gasteiger partial charge in [-0.15, -0.1) is 0 Å². The molecule has 2 rings (SSSR count). The highest BCUT2D eigenvalue weighted by Crippen LogP contribution is 2.23. The minimum Gasteiger partial charge on any atom is -0.467 e. The summed E-state index contributed by atoms with van der Waals surface area (Å²) in [7, 11) is 0. The van der Waals surface area contributed by atoms with Crippen LogP contribution in [0, 0.1) is 0 Å². The highest BCUT2D eigenvalue weighted by atomic mass is 16.3. The van der Waals surface area contributed by atoms with Gasteiger partial charge in [0.05, 0.1) is 18.3 Å². The first-order valence-electron chi connectivity index (χ1n) is 4.89. The van der Waals surface area contributed by atoms with Crippen molar-refractivity contribution in [3.8, 4) is 0 Å². The molecular weight excluding hydrogens is 178 g/mol. The first kappa shape index (κ1) is 9.12. The number of guanidine groups is 1. The molecule has 1 unspecified atom stereocenters. The second-order valence-electron chi connectivity index (χ2n) is 3.63. The van der Waals surface area contributed by atoms with Crippen LogP contribution in [0.3, 0.4) is 0 Å². The molecule has 0 aliphatic heterocycles. The molecule has 0 amide bonds. The molecule has 0 saturated heterocycles. The minimum absolute atomic E-state index is 0.0764. The predicted octanol–water partition coefficient (Wildman–Crippen LogP) is 1.41. The van der Waals surface area contributed by atoms with E-state index in [0.29, 0.717) is 12.0 Å². The van der Waals surface area contributed by atoms with Crippen molar-refractivity contribution in [1.29, 1.82) is 0 Å². The Bertz CT molecular complexity index is 314. The van der Waals surface area contributed by atoms with E-state index in [1.165, 1.54) is 0 Å². The van der Waals surface area contributed by atoms with Crippen molar-refractivity contribution >= 4 is 5.96 Å². The summed E-state index contributed by atoms with van der Waals surface area (Å²) >= 11 is 0. The van der Waals surface area contributed by atoms with Crippen LogP contribution in [0.25, 0.3) is 0 Å². The lowest BCUT2D eigenvalue weighted by atomic mass is 10.2. The summed E-state index contributed by atoms with van der Waals surface area (Å²) in [5, 5.41) is 3.09. The van der Waals surface area contributed by atoms with Gasteiger partial charge in [-0.2, -0.15) is 0 Å². The summed E-state index contributed by atoms with van der Waals surface area (Å²) in [5.41, 5.74) is 5.72. The van der Waals surface area contributed by atoms with Crippen LogP contribution in [-0.2, 0) is 0 Å². The van der Waals surface area contributed by atoms with E-state index < -0.39 is 0 Å². The monoisotopic (exact) mass is 193 g/mol. The number of nitrogens with one attached hydrogen (secondary N) is 1. The SMILES string of the molecule is CC(NC(N)=NC1CC1)c1ccco1. The maximum absolute atomic E-state index is 5.72. The Kier molecular flexibility index (Phi) is 2.43. The molecule has 76 valence electrons. The predicted molar refractivity (Wildman–Crippen MR) is 54.9 cm³/mol. The minimum atomic E-state index is 0.0764. The van der Waals surface area contributed by atoms with Crippen LogP contribution in [0.15, 0.2) is 27.8 Å². The zero-order valence-corrected chi connectivity index (χ0v) is 8.23. The lowest BCUT2D eigenvalue weighted by Gasteiger charge is -2.11. The molecule has 0 bridgehead atoms. The van der Waals surface area contributed by atoms with Crippen molar-refractivity contribution < 1.29 is 4.42 Å². The standard InChI is InChI=1S/C10H15N3O/c1-7(9-3-2-6-14-9)12-10(11)13-8-4-5-8/h2-3,6-8H,4-5H2,1H3,(H3,11,12,13). The van der Waals surface area contributed by atoms with Crippen LogP contribution in [0.1, 0.15) is 31.6 Å². The van der Waals surface area contributed by atoms with Crippen LogP contribution in [-0.4, -0.2) is 12.0 Å². The van der Waals surface area contributed by atoms with Gasteiger partial charge in [0, 0.05) is 0 Å². The van der Waals surface area contributed by atoms with Crippen LogP contribution < -0.4 is 11.1 Å². The normalized spacial score (nSPS) is 19.4. The van der Waals surface area contributed by atoms with E-state index in [4.69, 9.17) is 10.2 Å². The molecule has 0 spiro atoms. The van der Waals surface area contributed by atoms with Crippen molar-refractivity contribution in [2.75, 3.05) is 0 Å². The Balaban J connectivity index is 1.90. The van der Waals surface area contributed by atoms with Crippen LogP contribution >= 0.6 is 0 Å². The van der Waals surface area contributed by atoms with E-state index in [-0.39, 0.29) is 6.04 Å². The Labute approximate surface area is 83.2 Å². The van der Waals surface area contributed by atoms with Gasteiger partial charge in [0.15, 0.2) is 5.96 Å². The third-order valence-corrected chi connectivity index (χ3v) is 2.20. The molecular formula is C10H15N3O. The average molecular weight is 193 g/mol. The lowest BCUT2D eigenvalue weighted by molar-refractivity contribution is 0.462. The Morgan fingerprint density at radius 2 is 2.50 bits per heavy atom. The van der Waals surface area contributed by atoms with Gasteiger partial charge in [-0.25, -0.2) is 0 Å². The van der Waals surface area contributed by atoms with Gasteiger partial charge in [0.25, 0.3) is 0 Å². The third kappa shape index (κ3) is 2.28. The molecule has 1 atom stereocenters. The van der Waals surface area contributed by atoms with Crippen LogP contribution in [0.4, 0.5) is 0 Å². The molecule has 0 radical (unpaired) electrons. The summed E-state index contributed by atoms with van der Waals surface area (Å²) < 4.78 is 5.24. The molecule has 1 fully saturated rings. The zero-order chi connectivity index (χ0) is 9.97. The fraction of sp³-hybridized carbons (Fsp3) is 0.500. The zero-order valence-electron chi connectivity index (χ0n) is 8.23. The number of hydrogen-bond donors (Lipinski definition) is 2. The summed E-state index contributed by atoms with van der Waals surface area (Å²) in [6.45, 7) is 1.99. The number of hydrogen-bond acceptors (Lipinski definition) is 2. The molecule has 4 heteroatoms. The van der Waals surface area contributed by atoms with Gasteiger partial charge in [0.2, 0.25) is 0 Å². The summed E-state index contributed by atoms with van der Waals surface area (Å²) in [4.78, 5) is 4.28. The first-order chi connectivity index (χ1) is 6.75. The average Bonchev–Trinajstić information content (AvgIpc) is 2.80. The van der Waals surface area contributed by atoms with Crippen molar-refractivity contribution in [2.24, 2.45) is 10.7 Å².